The molecule has 80 valence electrons. The summed E-state index contributed by atoms with van der Waals surface area (Å²) in [5, 5.41) is 0.714. The second-order valence-electron chi connectivity index (χ2n) is 3.81. The molecule has 0 aromatic heterocycles. The highest BCUT2D eigenvalue weighted by atomic mass is 35.5. The first kappa shape index (κ1) is 11.0. The molecule has 0 bridgehead atoms. The summed E-state index contributed by atoms with van der Waals surface area (Å²) in [7, 11) is 0. The maximum atomic E-state index is 11.2. The number of hydrogen-bond acceptors (Lipinski definition) is 2. The fourth-order valence-corrected chi connectivity index (χ4v) is 3.59. The van der Waals surface area contributed by atoms with Gasteiger partial charge in [-0.15, -0.1) is 0 Å². The molecular formula is C12H13ClOS. The Morgan fingerprint density at radius 2 is 2.27 bits per heavy atom. The average Bonchev–Trinajstić information content (AvgIpc) is 2.75. The number of aldehydes is 1. The van der Waals surface area contributed by atoms with Crippen LogP contribution in [-0.2, 0) is 4.79 Å². The second kappa shape index (κ2) is 5.04. The standard InChI is InChI=1S/C12H13ClOS/c13-12-4-2-1-3-10(12)11(7-14)9-5-6-15-8-9/h1-4,7,9,11H,5-6,8H2. The smallest absolute Gasteiger partial charge is 0.127 e. The molecule has 0 spiro atoms. The molecular weight excluding hydrogens is 228 g/mol. The fourth-order valence-electron chi connectivity index (χ4n) is 2.02. The zero-order chi connectivity index (χ0) is 10.7. The third-order valence-corrected chi connectivity index (χ3v) is 4.42. The van der Waals surface area contributed by atoms with Gasteiger partial charge in [0.2, 0.25) is 0 Å². The predicted octanol–water partition coefficient (Wildman–Crippen LogP) is 3.38. The summed E-state index contributed by atoms with van der Waals surface area (Å²) < 4.78 is 0. The van der Waals surface area contributed by atoms with E-state index in [4.69, 9.17) is 11.6 Å². The van der Waals surface area contributed by atoms with Gasteiger partial charge in [-0.05, 0) is 35.5 Å². The summed E-state index contributed by atoms with van der Waals surface area (Å²) in [6, 6.07) is 7.66. The minimum atomic E-state index is -0.0197. The van der Waals surface area contributed by atoms with Crippen molar-refractivity contribution in [2.45, 2.75) is 12.3 Å². The minimum Gasteiger partial charge on any atom is -0.303 e. The molecule has 3 heteroatoms. The van der Waals surface area contributed by atoms with Crippen molar-refractivity contribution < 1.29 is 4.79 Å². The van der Waals surface area contributed by atoms with E-state index in [9.17, 15) is 4.79 Å². The predicted molar refractivity (Wildman–Crippen MR) is 65.7 cm³/mol. The first-order valence-corrected chi connectivity index (χ1v) is 6.63. The van der Waals surface area contributed by atoms with Gasteiger partial charge < -0.3 is 4.79 Å². The van der Waals surface area contributed by atoms with Gasteiger partial charge in [0.05, 0.1) is 0 Å². The quantitative estimate of drug-likeness (QED) is 0.754. The van der Waals surface area contributed by atoms with Gasteiger partial charge in [0.15, 0.2) is 0 Å². The molecule has 0 saturated carbocycles. The Morgan fingerprint density at radius 3 is 2.87 bits per heavy atom. The van der Waals surface area contributed by atoms with Gasteiger partial charge in [0.1, 0.15) is 6.29 Å². The molecule has 0 N–H and O–H groups in total. The average molecular weight is 241 g/mol. The lowest BCUT2D eigenvalue weighted by molar-refractivity contribution is -0.109. The lowest BCUT2D eigenvalue weighted by Gasteiger charge is -2.18. The number of carbonyl (C=O) groups is 1. The number of rotatable bonds is 3. The molecule has 2 rings (SSSR count). The van der Waals surface area contributed by atoms with E-state index in [1.54, 1.807) is 0 Å². The van der Waals surface area contributed by atoms with E-state index in [0.29, 0.717) is 10.9 Å². The van der Waals surface area contributed by atoms with E-state index in [2.05, 4.69) is 0 Å². The Bertz CT molecular complexity index is 347. The molecule has 15 heavy (non-hydrogen) atoms. The summed E-state index contributed by atoms with van der Waals surface area (Å²) >= 11 is 8.03. The first-order chi connectivity index (χ1) is 7.33. The van der Waals surface area contributed by atoms with E-state index in [1.165, 1.54) is 5.75 Å². The molecule has 1 nitrogen and oxygen atoms in total. The number of carbonyl (C=O) groups excluding carboxylic acids is 1. The van der Waals surface area contributed by atoms with Crippen LogP contribution < -0.4 is 0 Å². The van der Waals surface area contributed by atoms with Crippen molar-refractivity contribution in [1.29, 1.82) is 0 Å². The molecule has 2 atom stereocenters. The zero-order valence-electron chi connectivity index (χ0n) is 8.36. The van der Waals surface area contributed by atoms with Crippen LogP contribution in [0.25, 0.3) is 0 Å². The van der Waals surface area contributed by atoms with Crippen LogP contribution in [0.3, 0.4) is 0 Å². The third kappa shape index (κ3) is 2.37. The molecule has 0 radical (unpaired) electrons. The van der Waals surface area contributed by atoms with Gasteiger partial charge in [0.25, 0.3) is 0 Å². The highest BCUT2D eigenvalue weighted by Gasteiger charge is 2.27. The Balaban J connectivity index is 2.26. The fraction of sp³-hybridized carbons (Fsp3) is 0.417. The molecule has 1 heterocycles. The largest absolute Gasteiger partial charge is 0.303 e. The SMILES string of the molecule is O=CC(c1ccccc1Cl)C1CCSC1. The molecule has 0 aliphatic carbocycles. The Morgan fingerprint density at radius 1 is 1.47 bits per heavy atom. The highest BCUT2D eigenvalue weighted by Crippen LogP contribution is 2.36. The minimum absolute atomic E-state index is 0.0197. The molecule has 1 aliphatic rings. The summed E-state index contributed by atoms with van der Waals surface area (Å²) in [4.78, 5) is 11.2. The van der Waals surface area contributed by atoms with Crippen LogP contribution in [0.15, 0.2) is 24.3 Å². The van der Waals surface area contributed by atoms with E-state index >= 15 is 0 Å². The van der Waals surface area contributed by atoms with Crippen molar-refractivity contribution in [3.05, 3.63) is 34.9 Å². The van der Waals surface area contributed by atoms with Crippen LogP contribution in [0, 0.1) is 5.92 Å². The summed E-state index contributed by atoms with van der Waals surface area (Å²) in [6.45, 7) is 0. The molecule has 2 unspecified atom stereocenters. The normalized spacial score (nSPS) is 22.6. The maximum Gasteiger partial charge on any atom is 0.127 e. The second-order valence-corrected chi connectivity index (χ2v) is 5.36. The van der Waals surface area contributed by atoms with Crippen molar-refractivity contribution in [3.8, 4) is 0 Å². The monoisotopic (exact) mass is 240 g/mol. The van der Waals surface area contributed by atoms with Crippen molar-refractivity contribution >= 4 is 29.6 Å². The molecule has 1 aromatic carbocycles. The third-order valence-electron chi connectivity index (χ3n) is 2.88. The van der Waals surface area contributed by atoms with E-state index in [1.807, 2.05) is 36.0 Å². The Labute approximate surface area is 99.2 Å². The molecule has 1 aromatic rings. The van der Waals surface area contributed by atoms with Gasteiger partial charge in [-0.1, -0.05) is 29.8 Å². The van der Waals surface area contributed by atoms with Crippen molar-refractivity contribution in [2.75, 3.05) is 11.5 Å². The number of benzene rings is 1. The van der Waals surface area contributed by atoms with Crippen LogP contribution in [0.1, 0.15) is 17.9 Å². The van der Waals surface area contributed by atoms with E-state index < -0.39 is 0 Å². The molecule has 1 fully saturated rings. The highest BCUT2D eigenvalue weighted by molar-refractivity contribution is 7.99. The molecule has 1 aliphatic heterocycles. The zero-order valence-corrected chi connectivity index (χ0v) is 9.93. The maximum absolute atomic E-state index is 11.2. The van der Waals surface area contributed by atoms with Gasteiger partial charge >= 0.3 is 0 Å². The summed E-state index contributed by atoms with van der Waals surface area (Å²) in [5.74, 6) is 2.69. The van der Waals surface area contributed by atoms with Crippen LogP contribution >= 0.6 is 23.4 Å². The summed E-state index contributed by atoms with van der Waals surface area (Å²) in [6.07, 6.45) is 2.18. The van der Waals surface area contributed by atoms with Crippen molar-refractivity contribution in [3.63, 3.8) is 0 Å². The van der Waals surface area contributed by atoms with Gasteiger partial charge in [-0.2, -0.15) is 11.8 Å². The van der Waals surface area contributed by atoms with Gasteiger partial charge in [-0.3, -0.25) is 0 Å². The van der Waals surface area contributed by atoms with Crippen LogP contribution in [-0.4, -0.2) is 17.8 Å². The lowest BCUT2D eigenvalue weighted by Crippen LogP contribution is -2.14. The molecule has 0 amide bonds. The molecule has 1 saturated heterocycles. The van der Waals surface area contributed by atoms with E-state index in [0.717, 1.165) is 24.0 Å². The number of halogens is 1. The number of hydrogen-bond donors (Lipinski definition) is 0. The lowest BCUT2D eigenvalue weighted by atomic mass is 9.87. The first-order valence-electron chi connectivity index (χ1n) is 5.10. The van der Waals surface area contributed by atoms with Crippen LogP contribution in [0.4, 0.5) is 0 Å². The van der Waals surface area contributed by atoms with Crippen LogP contribution in [0.5, 0.6) is 0 Å². The van der Waals surface area contributed by atoms with Crippen molar-refractivity contribution in [2.24, 2.45) is 5.92 Å². The number of thioether (sulfide) groups is 1. The topological polar surface area (TPSA) is 17.1 Å². The Kier molecular flexibility index (Phi) is 3.71. The van der Waals surface area contributed by atoms with Crippen molar-refractivity contribution in [1.82, 2.24) is 0 Å². The van der Waals surface area contributed by atoms with Gasteiger partial charge in [0, 0.05) is 10.9 Å². The van der Waals surface area contributed by atoms with Gasteiger partial charge in [-0.25, -0.2) is 0 Å². The Hall–Kier alpha value is -0.470. The van der Waals surface area contributed by atoms with Crippen LogP contribution in [0.2, 0.25) is 5.02 Å². The van der Waals surface area contributed by atoms with E-state index in [-0.39, 0.29) is 5.92 Å². The summed E-state index contributed by atoms with van der Waals surface area (Å²) in [5.41, 5.74) is 0.988.